The molecule has 0 aliphatic rings. The summed E-state index contributed by atoms with van der Waals surface area (Å²) in [5.41, 5.74) is 1.07. The number of alkyl halides is 3. The third-order valence-corrected chi connectivity index (χ3v) is 4.06. The molecule has 2 rings (SSSR count). The van der Waals surface area contributed by atoms with Gasteiger partial charge in [0.2, 0.25) is 0 Å². The van der Waals surface area contributed by atoms with Gasteiger partial charge in [-0.15, -0.1) is 0 Å². The maximum absolute atomic E-state index is 13.9. The molecule has 0 bridgehead atoms. The second kappa shape index (κ2) is 7.80. The Morgan fingerprint density at radius 3 is 2.19 bits per heavy atom. The van der Waals surface area contributed by atoms with Crippen LogP contribution in [0.2, 0.25) is 0 Å². The molecule has 8 heteroatoms. The molecule has 0 saturated heterocycles. The van der Waals surface area contributed by atoms with Gasteiger partial charge in [0.05, 0.1) is 13.2 Å². The van der Waals surface area contributed by atoms with E-state index in [0.29, 0.717) is 10.9 Å². The van der Waals surface area contributed by atoms with Gasteiger partial charge >= 0.3 is 18.1 Å². The van der Waals surface area contributed by atoms with E-state index in [0.717, 1.165) is 5.56 Å². The normalized spacial score (nSPS) is 13.0. The molecule has 2 aromatic rings. The minimum absolute atomic E-state index is 0.147. The molecule has 0 aliphatic carbocycles. The second-order valence-electron chi connectivity index (χ2n) is 5.74. The Bertz CT molecular complexity index is 779. The Labute approximate surface area is 148 Å². The van der Waals surface area contributed by atoms with Crippen molar-refractivity contribution in [1.29, 1.82) is 0 Å². The van der Waals surface area contributed by atoms with Gasteiger partial charge in [-0.25, -0.2) is 0 Å². The van der Waals surface area contributed by atoms with Crippen LogP contribution in [0.4, 0.5) is 13.2 Å². The van der Waals surface area contributed by atoms with Crippen LogP contribution in [0, 0.1) is 12.8 Å². The van der Waals surface area contributed by atoms with Gasteiger partial charge in [0.15, 0.2) is 5.92 Å². The van der Waals surface area contributed by atoms with Crippen molar-refractivity contribution in [1.82, 2.24) is 4.98 Å². The van der Waals surface area contributed by atoms with Crippen LogP contribution in [-0.4, -0.2) is 36.3 Å². The number of hydrogen-bond donors (Lipinski definition) is 1. The van der Waals surface area contributed by atoms with Crippen molar-refractivity contribution in [3.05, 3.63) is 35.5 Å². The summed E-state index contributed by atoms with van der Waals surface area (Å²) in [5.74, 6) is -7.02. The highest BCUT2D eigenvalue weighted by Crippen LogP contribution is 2.44. The number of rotatable bonds is 6. The van der Waals surface area contributed by atoms with E-state index < -0.39 is 30.0 Å². The maximum atomic E-state index is 13.9. The smallest absolute Gasteiger partial charge is 0.397 e. The van der Waals surface area contributed by atoms with Crippen LogP contribution in [0.3, 0.4) is 0 Å². The van der Waals surface area contributed by atoms with Crippen LogP contribution in [0.5, 0.6) is 0 Å². The molecule has 1 heterocycles. The van der Waals surface area contributed by atoms with Gasteiger partial charge in [-0.2, -0.15) is 13.2 Å². The average molecular weight is 371 g/mol. The van der Waals surface area contributed by atoms with Crippen LogP contribution in [-0.2, 0) is 19.1 Å². The van der Waals surface area contributed by atoms with E-state index >= 15 is 0 Å². The molecule has 0 radical (unpaired) electrons. The van der Waals surface area contributed by atoms with Crippen molar-refractivity contribution in [2.45, 2.75) is 32.9 Å². The fraction of sp³-hybridized carbons (Fsp3) is 0.444. The molecule has 142 valence electrons. The number of hydrogen-bond acceptors (Lipinski definition) is 4. The number of H-pyrrole nitrogens is 1. The lowest BCUT2D eigenvalue weighted by Gasteiger charge is -2.26. The lowest BCUT2D eigenvalue weighted by molar-refractivity contribution is -0.188. The number of ether oxygens (including phenoxy) is 2. The molecular formula is C18H20F3NO4. The number of para-hydroxylation sites is 1. The summed E-state index contributed by atoms with van der Waals surface area (Å²) in [6.07, 6.45) is -3.68. The number of benzene rings is 1. The third-order valence-electron chi connectivity index (χ3n) is 4.06. The summed E-state index contributed by atoms with van der Waals surface area (Å²) in [6, 6.07) is 4.88. The van der Waals surface area contributed by atoms with Crippen LogP contribution in [0.25, 0.3) is 10.9 Å². The van der Waals surface area contributed by atoms with Crippen molar-refractivity contribution in [3.8, 4) is 0 Å². The third kappa shape index (κ3) is 3.84. The molecule has 26 heavy (non-hydrogen) atoms. The first-order valence-corrected chi connectivity index (χ1v) is 8.18. The minimum atomic E-state index is -4.86. The first-order valence-electron chi connectivity index (χ1n) is 8.18. The number of carbonyl (C=O) groups excluding carboxylic acids is 2. The van der Waals surface area contributed by atoms with Crippen LogP contribution < -0.4 is 0 Å². The molecule has 1 atom stereocenters. The van der Waals surface area contributed by atoms with Gasteiger partial charge in [0.1, 0.15) is 5.92 Å². The Hall–Kier alpha value is -2.51. The molecule has 0 fully saturated rings. The van der Waals surface area contributed by atoms with Gasteiger partial charge in [0.25, 0.3) is 0 Å². The van der Waals surface area contributed by atoms with Crippen LogP contribution >= 0.6 is 0 Å². The van der Waals surface area contributed by atoms with Gasteiger partial charge in [0, 0.05) is 17.1 Å². The second-order valence-corrected chi connectivity index (χ2v) is 5.74. The van der Waals surface area contributed by atoms with E-state index in [1.165, 1.54) is 26.1 Å². The number of carbonyl (C=O) groups is 2. The maximum Gasteiger partial charge on any atom is 0.397 e. The highest BCUT2D eigenvalue weighted by Gasteiger charge is 2.53. The molecule has 1 aromatic carbocycles. The number of aryl methyl sites for hydroxylation is 1. The highest BCUT2D eigenvalue weighted by molar-refractivity contribution is 5.97. The van der Waals surface area contributed by atoms with Gasteiger partial charge < -0.3 is 14.5 Å². The van der Waals surface area contributed by atoms with E-state index in [9.17, 15) is 22.8 Å². The zero-order valence-corrected chi connectivity index (χ0v) is 14.6. The molecule has 0 unspecified atom stereocenters. The average Bonchev–Trinajstić information content (AvgIpc) is 2.96. The number of fused-ring (bicyclic) bond motifs is 1. The van der Waals surface area contributed by atoms with Crippen molar-refractivity contribution in [2.75, 3.05) is 13.2 Å². The molecule has 0 amide bonds. The first-order chi connectivity index (χ1) is 12.2. The van der Waals surface area contributed by atoms with Crippen molar-refractivity contribution >= 4 is 22.8 Å². The van der Waals surface area contributed by atoms with E-state index in [-0.39, 0.29) is 18.8 Å². The lowest BCUT2D eigenvalue weighted by Crippen LogP contribution is -2.40. The predicted octanol–water partition coefficient (Wildman–Crippen LogP) is 3.86. The predicted molar refractivity (Wildman–Crippen MR) is 88.6 cm³/mol. The Kier molecular flexibility index (Phi) is 5.94. The summed E-state index contributed by atoms with van der Waals surface area (Å²) >= 11 is 0. The summed E-state index contributed by atoms with van der Waals surface area (Å²) in [6.45, 7) is 4.37. The molecule has 5 nitrogen and oxygen atoms in total. The van der Waals surface area contributed by atoms with Crippen LogP contribution in [0.15, 0.2) is 24.4 Å². The number of halogens is 3. The molecule has 1 aromatic heterocycles. The quantitative estimate of drug-likeness (QED) is 0.618. The van der Waals surface area contributed by atoms with Gasteiger partial charge in [-0.3, -0.25) is 9.59 Å². The fourth-order valence-corrected chi connectivity index (χ4v) is 2.96. The fourth-order valence-electron chi connectivity index (χ4n) is 2.96. The van der Waals surface area contributed by atoms with Gasteiger partial charge in [-0.05, 0) is 31.9 Å². The standard InChI is InChI=1S/C18H20F3NO4/c1-4-25-16(23)13(17(24)26-5-2)14(18(19,20)21)12-9-22-15-10(3)7-6-8-11(12)15/h6-9,13-14,22H,4-5H2,1-3H3/t14-/m0/s1. The molecular weight excluding hydrogens is 351 g/mol. The molecule has 1 N–H and O–H groups in total. The monoisotopic (exact) mass is 371 g/mol. The Morgan fingerprint density at radius 1 is 1.12 bits per heavy atom. The first kappa shape index (κ1) is 19.8. The highest BCUT2D eigenvalue weighted by atomic mass is 19.4. The van der Waals surface area contributed by atoms with Crippen LogP contribution in [0.1, 0.15) is 30.9 Å². The van der Waals surface area contributed by atoms with Gasteiger partial charge in [-0.1, -0.05) is 18.2 Å². The zero-order chi connectivity index (χ0) is 19.5. The zero-order valence-electron chi connectivity index (χ0n) is 14.6. The van der Waals surface area contributed by atoms with E-state index in [2.05, 4.69) is 4.98 Å². The lowest BCUT2D eigenvalue weighted by atomic mass is 9.84. The van der Waals surface area contributed by atoms with E-state index in [1.807, 2.05) is 0 Å². The number of esters is 2. The SMILES string of the molecule is CCOC(=O)C(C(=O)OCC)[C@H](c1c[nH]c2c(C)cccc12)C(F)(F)F. The Balaban J connectivity index is 2.65. The number of aromatic amines is 1. The summed E-state index contributed by atoms with van der Waals surface area (Å²) in [5, 5.41) is 0.297. The summed E-state index contributed by atoms with van der Waals surface area (Å²) < 4.78 is 51.3. The summed E-state index contributed by atoms with van der Waals surface area (Å²) in [4.78, 5) is 27.2. The summed E-state index contributed by atoms with van der Waals surface area (Å²) in [7, 11) is 0. The largest absolute Gasteiger partial charge is 0.465 e. The van der Waals surface area contributed by atoms with Crippen molar-refractivity contribution < 1.29 is 32.2 Å². The van der Waals surface area contributed by atoms with Crippen molar-refractivity contribution in [3.63, 3.8) is 0 Å². The topological polar surface area (TPSA) is 68.4 Å². The van der Waals surface area contributed by atoms with E-state index in [1.54, 1.807) is 19.1 Å². The molecule has 0 aliphatic heterocycles. The number of nitrogens with one attached hydrogen (secondary N) is 1. The number of aromatic nitrogens is 1. The Morgan fingerprint density at radius 2 is 1.69 bits per heavy atom. The van der Waals surface area contributed by atoms with E-state index in [4.69, 9.17) is 9.47 Å². The minimum Gasteiger partial charge on any atom is -0.465 e. The van der Waals surface area contributed by atoms with Crippen molar-refractivity contribution in [2.24, 2.45) is 5.92 Å². The molecule has 0 spiro atoms. The molecule has 0 saturated carbocycles.